The molecule has 0 bridgehead atoms. The lowest BCUT2D eigenvalue weighted by Gasteiger charge is -2.24. The molecule has 2 aromatic carbocycles. The highest BCUT2D eigenvalue weighted by Gasteiger charge is 2.48. The minimum Gasteiger partial charge on any atom is -0.507 e. The molecule has 41 heavy (non-hydrogen) atoms. The number of aromatic nitrogens is 1. The number of rotatable bonds is 9. The minimum absolute atomic E-state index is 0.00426. The van der Waals surface area contributed by atoms with Crippen molar-refractivity contribution in [3.05, 3.63) is 81.9 Å². The van der Waals surface area contributed by atoms with Crippen LogP contribution in [0, 0.1) is 6.92 Å². The SMILES string of the molecule is C=CCOc1ccc([C@H]2C(=C(O)c3ccc4c(c3)C[C@H](C)O4)C(=O)C(=O)N2c2nc(C)c(C(C)=O)s2)cc1OCC. The summed E-state index contributed by atoms with van der Waals surface area (Å²) in [5, 5.41) is 11.8. The summed E-state index contributed by atoms with van der Waals surface area (Å²) in [6.45, 7) is 11.2. The van der Waals surface area contributed by atoms with E-state index < -0.39 is 17.7 Å². The molecule has 0 unspecified atom stereocenters. The van der Waals surface area contributed by atoms with Gasteiger partial charge in [-0.2, -0.15) is 0 Å². The highest BCUT2D eigenvalue weighted by molar-refractivity contribution is 7.18. The lowest BCUT2D eigenvalue weighted by molar-refractivity contribution is -0.132. The van der Waals surface area contributed by atoms with Gasteiger partial charge in [0.15, 0.2) is 22.4 Å². The summed E-state index contributed by atoms with van der Waals surface area (Å²) < 4.78 is 17.4. The average Bonchev–Trinajstić information content (AvgIpc) is 3.59. The zero-order valence-corrected chi connectivity index (χ0v) is 24.0. The van der Waals surface area contributed by atoms with Crippen LogP contribution in [0.1, 0.15) is 58.9 Å². The number of nitrogens with zero attached hydrogens (tertiary/aromatic N) is 2. The second kappa shape index (κ2) is 11.2. The molecule has 212 valence electrons. The summed E-state index contributed by atoms with van der Waals surface area (Å²) in [6, 6.07) is 9.23. The normalized spacial score (nSPS) is 19.2. The molecule has 1 saturated heterocycles. The average molecular weight is 575 g/mol. The standard InChI is InChI=1S/C31H30N2O7S/c1-6-12-39-23-11-8-19(15-24(23)38-7-2)26-25(27(35)20-9-10-22-21(14-20)13-16(3)40-22)28(36)30(37)33(26)31-32-17(4)29(41-31)18(5)34/h6,8-11,14-16,26,35H,1,7,12-13H2,2-5H3/t16-,26-/m0/s1. The third-order valence-electron chi connectivity index (χ3n) is 6.87. The van der Waals surface area contributed by atoms with E-state index in [1.807, 2.05) is 13.8 Å². The van der Waals surface area contributed by atoms with Crippen LogP contribution in [0.3, 0.4) is 0 Å². The topological polar surface area (TPSA) is 115 Å². The summed E-state index contributed by atoms with van der Waals surface area (Å²) >= 11 is 1.03. The van der Waals surface area contributed by atoms with Gasteiger partial charge in [0.1, 0.15) is 24.2 Å². The fourth-order valence-electron chi connectivity index (χ4n) is 5.11. The van der Waals surface area contributed by atoms with E-state index >= 15 is 0 Å². The third-order valence-corrected chi connectivity index (χ3v) is 8.12. The van der Waals surface area contributed by atoms with E-state index in [0.29, 0.717) is 46.2 Å². The minimum atomic E-state index is -1.04. The van der Waals surface area contributed by atoms with Gasteiger partial charge in [0.05, 0.1) is 28.8 Å². The van der Waals surface area contributed by atoms with Crippen LogP contribution in [0.15, 0.2) is 54.6 Å². The molecular weight excluding hydrogens is 544 g/mol. The van der Waals surface area contributed by atoms with Gasteiger partial charge >= 0.3 is 5.91 Å². The van der Waals surface area contributed by atoms with Gasteiger partial charge in [-0.05, 0) is 62.2 Å². The Hall–Kier alpha value is -4.44. The first-order valence-electron chi connectivity index (χ1n) is 13.2. The number of ketones is 2. The van der Waals surface area contributed by atoms with E-state index in [1.165, 1.54) is 11.8 Å². The van der Waals surface area contributed by atoms with E-state index in [2.05, 4.69) is 11.6 Å². The van der Waals surface area contributed by atoms with Gasteiger partial charge < -0.3 is 19.3 Å². The fraction of sp³-hybridized carbons (Fsp3) is 0.290. The van der Waals surface area contributed by atoms with E-state index in [-0.39, 0.29) is 35.0 Å². The molecule has 5 rings (SSSR count). The Morgan fingerprint density at radius 3 is 2.68 bits per heavy atom. The van der Waals surface area contributed by atoms with Gasteiger partial charge in [0, 0.05) is 18.9 Å². The number of anilines is 1. The summed E-state index contributed by atoms with van der Waals surface area (Å²) in [6.07, 6.45) is 2.26. The summed E-state index contributed by atoms with van der Waals surface area (Å²) in [4.78, 5) is 45.5. The van der Waals surface area contributed by atoms with Crippen molar-refractivity contribution in [1.29, 1.82) is 0 Å². The number of aliphatic hydroxyl groups excluding tert-OH is 1. The van der Waals surface area contributed by atoms with Crippen LogP contribution in [0.2, 0.25) is 0 Å². The second-order valence-electron chi connectivity index (χ2n) is 9.83. The van der Waals surface area contributed by atoms with Crippen molar-refractivity contribution in [3.63, 3.8) is 0 Å². The molecule has 1 N–H and O–H groups in total. The summed E-state index contributed by atoms with van der Waals surface area (Å²) in [5.74, 6) is -0.648. The first-order valence-corrected chi connectivity index (χ1v) is 14.1. The van der Waals surface area contributed by atoms with Crippen LogP contribution in [0.4, 0.5) is 5.13 Å². The van der Waals surface area contributed by atoms with Gasteiger partial charge in [-0.3, -0.25) is 19.3 Å². The molecule has 0 radical (unpaired) electrons. The van der Waals surface area contributed by atoms with E-state index in [0.717, 1.165) is 22.6 Å². The van der Waals surface area contributed by atoms with Crippen LogP contribution in [-0.2, 0) is 16.0 Å². The second-order valence-corrected chi connectivity index (χ2v) is 10.8. The van der Waals surface area contributed by atoms with Crippen LogP contribution in [0.5, 0.6) is 17.2 Å². The first kappa shape index (κ1) is 28.1. The van der Waals surface area contributed by atoms with E-state index in [1.54, 1.807) is 49.4 Å². The Morgan fingerprint density at radius 1 is 1.22 bits per heavy atom. The maximum absolute atomic E-state index is 13.6. The van der Waals surface area contributed by atoms with Gasteiger partial charge in [-0.1, -0.05) is 30.1 Å². The lowest BCUT2D eigenvalue weighted by atomic mass is 9.94. The van der Waals surface area contributed by atoms with Crippen LogP contribution < -0.4 is 19.1 Å². The van der Waals surface area contributed by atoms with E-state index in [4.69, 9.17) is 14.2 Å². The molecule has 9 nitrogen and oxygen atoms in total. The van der Waals surface area contributed by atoms with Gasteiger partial charge in [0.25, 0.3) is 5.78 Å². The Morgan fingerprint density at radius 2 is 2.00 bits per heavy atom. The monoisotopic (exact) mass is 574 g/mol. The van der Waals surface area contributed by atoms with Crippen molar-refractivity contribution in [2.45, 2.75) is 46.3 Å². The number of ether oxygens (including phenoxy) is 3. The Labute approximate surface area is 241 Å². The number of fused-ring (bicyclic) bond motifs is 1. The number of hydrogen-bond donors (Lipinski definition) is 1. The Bertz CT molecular complexity index is 1610. The van der Waals surface area contributed by atoms with Gasteiger partial charge in [-0.25, -0.2) is 4.98 Å². The number of thiazole rings is 1. The molecule has 1 amide bonds. The predicted molar refractivity (Wildman–Crippen MR) is 155 cm³/mol. The number of benzene rings is 2. The maximum atomic E-state index is 13.6. The predicted octanol–water partition coefficient (Wildman–Crippen LogP) is 5.57. The molecule has 0 aliphatic carbocycles. The number of hydrogen-bond acceptors (Lipinski definition) is 9. The number of carbonyl (C=O) groups is 3. The Balaban J connectivity index is 1.70. The van der Waals surface area contributed by atoms with Gasteiger partial charge in [0.2, 0.25) is 0 Å². The molecule has 1 fully saturated rings. The fourth-order valence-corrected chi connectivity index (χ4v) is 6.10. The number of carbonyl (C=O) groups excluding carboxylic acids is 3. The maximum Gasteiger partial charge on any atom is 0.301 e. The van der Waals surface area contributed by atoms with Crippen molar-refractivity contribution < 1.29 is 33.7 Å². The summed E-state index contributed by atoms with van der Waals surface area (Å²) in [7, 11) is 0. The molecule has 3 aromatic rings. The van der Waals surface area contributed by atoms with Crippen molar-refractivity contribution in [3.8, 4) is 17.2 Å². The molecule has 2 atom stereocenters. The molecule has 2 aliphatic rings. The number of amides is 1. The highest BCUT2D eigenvalue weighted by atomic mass is 32.1. The molecule has 1 aromatic heterocycles. The zero-order chi connectivity index (χ0) is 29.4. The molecule has 3 heterocycles. The number of aliphatic hydroxyl groups is 1. The highest BCUT2D eigenvalue weighted by Crippen LogP contribution is 2.46. The van der Waals surface area contributed by atoms with Crippen LogP contribution in [0.25, 0.3) is 5.76 Å². The molecular formula is C31H30N2O7S. The summed E-state index contributed by atoms with van der Waals surface area (Å²) in [5.41, 5.74) is 2.14. The number of Topliss-reactive ketones (excluding diaryl/α,β-unsaturated/α-hetero) is 2. The number of aryl methyl sites for hydroxylation is 1. The van der Waals surface area contributed by atoms with Crippen molar-refractivity contribution in [1.82, 2.24) is 4.98 Å². The van der Waals surface area contributed by atoms with Crippen molar-refractivity contribution in [2.24, 2.45) is 0 Å². The Kier molecular flexibility index (Phi) is 7.68. The first-order chi connectivity index (χ1) is 19.6. The largest absolute Gasteiger partial charge is 0.507 e. The molecule has 0 spiro atoms. The molecule has 10 heteroatoms. The lowest BCUT2D eigenvalue weighted by Crippen LogP contribution is -2.29. The smallest absolute Gasteiger partial charge is 0.301 e. The van der Waals surface area contributed by atoms with Crippen molar-refractivity contribution in [2.75, 3.05) is 18.1 Å². The van der Waals surface area contributed by atoms with E-state index in [9.17, 15) is 19.5 Å². The third kappa shape index (κ3) is 5.11. The van der Waals surface area contributed by atoms with Crippen LogP contribution >= 0.6 is 11.3 Å². The van der Waals surface area contributed by atoms with Gasteiger partial charge in [-0.15, -0.1) is 0 Å². The van der Waals surface area contributed by atoms with Crippen LogP contribution in [-0.4, -0.2) is 46.9 Å². The van der Waals surface area contributed by atoms with Crippen molar-refractivity contribution >= 4 is 39.7 Å². The molecule has 0 saturated carbocycles. The zero-order valence-electron chi connectivity index (χ0n) is 23.2. The quantitative estimate of drug-likeness (QED) is 0.116. The molecule has 2 aliphatic heterocycles.